The second kappa shape index (κ2) is 10.0. The molecule has 3 rings (SSSR count). The molecule has 0 bridgehead atoms. The summed E-state index contributed by atoms with van der Waals surface area (Å²) in [6.07, 6.45) is 5.65. The molecule has 1 aromatic heterocycles. The molecule has 0 atom stereocenters. The molecule has 0 unspecified atom stereocenters. The molecule has 7 heteroatoms. The summed E-state index contributed by atoms with van der Waals surface area (Å²) in [6.45, 7) is 5.58. The highest BCUT2D eigenvalue weighted by molar-refractivity contribution is 6.05. The summed E-state index contributed by atoms with van der Waals surface area (Å²) in [4.78, 5) is 35.3. The molecule has 2 N–H and O–H groups in total. The Bertz CT molecular complexity index is 1020. The Morgan fingerprint density at radius 3 is 2.42 bits per heavy atom. The Balaban J connectivity index is 1.93. The van der Waals surface area contributed by atoms with E-state index in [1.807, 2.05) is 35.2 Å². The van der Waals surface area contributed by atoms with Gasteiger partial charge in [-0.15, -0.1) is 0 Å². The maximum atomic E-state index is 13.1. The number of aliphatic imine (C=N–C) groups is 1. The van der Waals surface area contributed by atoms with Gasteiger partial charge in [-0.1, -0.05) is 32.0 Å². The number of carbonyl (C=O) groups excluding carboxylic acids is 2. The van der Waals surface area contributed by atoms with Crippen molar-refractivity contribution in [3.8, 4) is 11.1 Å². The third kappa shape index (κ3) is 5.17. The highest BCUT2D eigenvalue weighted by atomic mass is 16.5. The van der Waals surface area contributed by atoms with E-state index in [4.69, 9.17) is 5.73 Å². The molecule has 0 radical (unpaired) electrons. The van der Waals surface area contributed by atoms with Crippen molar-refractivity contribution in [2.75, 3.05) is 20.2 Å². The Kier molecular flexibility index (Phi) is 7.18. The molecule has 2 aromatic rings. The zero-order valence-electron chi connectivity index (χ0n) is 18.2. The average molecular weight is 421 g/mol. The fourth-order valence-corrected chi connectivity index (χ4v) is 3.56. The lowest BCUT2D eigenvalue weighted by atomic mass is 10.0. The molecule has 162 valence electrons. The van der Waals surface area contributed by atoms with E-state index in [1.165, 1.54) is 7.11 Å². The number of amidine groups is 1. The molecule has 2 heterocycles. The van der Waals surface area contributed by atoms with Gasteiger partial charge in [-0.05, 0) is 36.6 Å². The van der Waals surface area contributed by atoms with E-state index in [0.29, 0.717) is 23.5 Å². The fraction of sp³-hybridized carbons (Fsp3) is 0.333. The van der Waals surface area contributed by atoms with Crippen LogP contribution in [0.3, 0.4) is 0 Å². The Hall–Kier alpha value is -3.48. The molecule has 1 aromatic carbocycles. The summed E-state index contributed by atoms with van der Waals surface area (Å²) in [5.41, 5.74) is 10.3. The minimum Gasteiger partial charge on any atom is -0.464 e. The Morgan fingerprint density at radius 2 is 1.81 bits per heavy atom. The van der Waals surface area contributed by atoms with Gasteiger partial charge in [0.15, 0.2) is 0 Å². The number of nitrogens with zero attached hydrogens (tertiary/aromatic N) is 3. The minimum absolute atomic E-state index is 0.0152. The molecule has 7 nitrogen and oxygen atoms in total. The van der Waals surface area contributed by atoms with Crippen LogP contribution in [0.2, 0.25) is 0 Å². The first kappa shape index (κ1) is 22.2. The average Bonchev–Trinajstić information content (AvgIpc) is 2.95. The van der Waals surface area contributed by atoms with Crippen molar-refractivity contribution in [3.05, 3.63) is 53.4 Å². The van der Waals surface area contributed by atoms with E-state index in [-0.39, 0.29) is 11.6 Å². The van der Waals surface area contributed by atoms with E-state index in [0.717, 1.165) is 42.6 Å². The predicted octanol–water partition coefficient (Wildman–Crippen LogP) is 3.96. The van der Waals surface area contributed by atoms with Crippen LogP contribution in [0.1, 0.15) is 49.2 Å². The van der Waals surface area contributed by atoms with Gasteiger partial charge in [0.2, 0.25) is 5.91 Å². The lowest BCUT2D eigenvalue weighted by molar-refractivity contribution is -0.127. The minimum atomic E-state index is -0.478. The van der Waals surface area contributed by atoms with Crippen molar-refractivity contribution in [2.24, 2.45) is 10.7 Å². The standard InChI is InChI=1S/C24H28N4O3/c1-4-10-28(11-5-2)23(29)19-12-17-7-6-16(13-21(17)27-22(25)14-19)18-8-9-20(26-15-18)24(30)31-3/h6-9,12-13,15H,4-5,10-11,14H2,1-3H3,(H2,25,27). The first-order valence-electron chi connectivity index (χ1n) is 10.5. The number of hydrogen-bond acceptors (Lipinski definition) is 6. The van der Waals surface area contributed by atoms with Gasteiger partial charge in [-0.3, -0.25) is 4.79 Å². The normalized spacial score (nSPS) is 12.9. The number of aromatic nitrogens is 1. The lowest BCUT2D eigenvalue weighted by Gasteiger charge is -2.22. The first-order chi connectivity index (χ1) is 15.0. The van der Waals surface area contributed by atoms with Crippen molar-refractivity contribution in [2.45, 2.75) is 33.1 Å². The van der Waals surface area contributed by atoms with Crippen molar-refractivity contribution in [1.82, 2.24) is 9.88 Å². The van der Waals surface area contributed by atoms with Gasteiger partial charge in [0, 0.05) is 42.4 Å². The number of amides is 1. The SMILES string of the molecule is CCCN(CCC)C(=O)C1=Cc2ccc(-c3ccc(C(=O)OC)nc3)cc2N=C(N)C1. The maximum absolute atomic E-state index is 13.1. The van der Waals surface area contributed by atoms with Crippen LogP contribution in [0, 0.1) is 0 Å². The highest BCUT2D eigenvalue weighted by Crippen LogP contribution is 2.32. The smallest absolute Gasteiger partial charge is 0.356 e. The number of esters is 1. The molecule has 31 heavy (non-hydrogen) atoms. The molecular weight excluding hydrogens is 392 g/mol. The predicted molar refractivity (Wildman–Crippen MR) is 122 cm³/mol. The van der Waals surface area contributed by atoms with Crippen LogP contribution in [0.25, 0.3) is 17.2 Å². The number of pyridine rings is 1. The monoisotopic (exact) mass is 420 g/mol. The zero-order chi connectivity index (χ0) is 22.4. The van der Waals surface area contributed by atoms with Crippen molar-refractivity contribution < 1.29 is 14.3 Å². The quantitative estimate of drug-likeness (QED) is 0.684. The molecule has 0 aliphatic carbocycles. The highest BCUT2D eigenvalue weighted by Gasteiger charge is 2.21. The van der Waals surface area contributed by atoms with Crippen molar-refractivity contribution >= 4 is 29.5 Å². The summed E-state index contributed by atoms with van der Waals surface area (Å²) in [7, 11) is 1.32. The van der Waals surface area contributed by atoms with Crippen LogP contribution in [0.5, 0.6) is 0 Å². The van der Waals surface area contributed by atoms with Gasteiger partial charge in [-0.25, -0.2) is 14.8 Å². The van der Waals surface area contributed by atoms with Gasteiger partial charge in [0.05, 0.1) is 12.8 Å². The largest absolute Gasteiger partial charge is 0.464 e. The number of methoxy groups -OCH3 is 1. The second-order valence-corrected chi connectivity index (χ2v) is 7.44. The summed E-state index contributed by atoms with van der Waals surface area (Å²) >= 11 is 0. The topological polar surface area (TPSA) is 97.9 Å². The Labute approximate surface area is 182 Å². The molecule has 0 fully saturated rings. The van der Waals surface area contributed by atoms with E-state index >= 15 is 0 Å². The number of rotatable bonds is 7. The summed E-state index contributed by atoms with van der Waals surface area (Å²) < 4.78 is 4.69. The van der Waals surface area contributed by atoms with Crippen molar-refractivity contribution in [3.63, 3.8) is 0 Å². The van der Waals surface area contributed by atoms with Crippen LogP contribution in [-0.2, 0) is 9.53 Å². The van der Waals surface area contributed by atoms with Crippen LogP contribution in [-0.4, -0.2) is 47.8 Å². The summed E-state index contributed by atoms with van der Waals surface area (Å²) in [5, 5.41) is 0. The Morgan fingerprint density at radius 1 is 1.10 bits per heavy atom. The first-order valence-corrected chi connectivity index (χ1v) is 10.5. The van der Waals surface area contributed by atoms with Gasteiger partial charge >= 0.3 is 5.97 Å². The van der Waals surface area contributed by atoms with Gasteiger partial charge in [0.25, 0.3) is 0 Å². The molecule has 1 amide bonds. The van der Waals surface area contributed by atoms with Gasteiger partial charge < -0.3 is 15.4 Å². The summed E-state index contributed by atoms with van der Waals surface area (Å²) in [5.74, 6) is -0.0580. The number of fused-ring (bicyclic) bond motifs is 1. The third-order valence-corrected chi connectivity index (χ3v) is 5.04. The number of nitrogens with two attached hydrogens (primary N) is 1. The maximum Gasteiger partial charge on any atom is 0.356 e. The molecule has 0 saturated heterocycles. The van der Waals surface area contributed by atoms with Crippen LogP contribution in [0.15, 0.2) is 47.1 Å². The fourth-order valence-electron chi connectivity index (χ4n) is 3.56. The van der Waals surface area contributed by atoms with Crippen LogP contribution in [0.4, 0.5) is 5.69 Å². The summed E-state index contributed by atoms with van der Waals surface area (Å²) in [6, 6.07) is 9.22. The number of ether oxygens (including phenoxy) is 1. The van der Waals surface area contributed by atoms with Crippen molar-refractivity contribution in [1.29, 1.82) is 0 Å². The van der Waals surface area contributed by atoms with Crippen LogP contribution < -0.4 is 5.73 Å². The number of hydrogen-bond donors (Lipinski definition) is 1. The van der Waals surface area contributed by atoms with Gasteiger partial charge in [0.1, 0.15) is 11.5 Å². The van der Waals surface area contributed by atoms with E-state index < -0.39 is 5.97 Å². The lowest BCUT2D eigenvalue weighted by Crippen LogP contribution is -2.34. The molecule has 1 aliphatic heterocycles. The number of carbonyl (C=O) groups is 2. The molecule has 0 saturated carbocycles. The van der Waals surface area contributed by atoms with Gasteiger partial charge in [-0.2, -0.15) is 0 Å². The third-order valence-electron chi connectivity index (χ3n) is 5.04. The molecular formula is C24H28N4O3. The van der Waals surface area contributed by atoms with E-state index in [9.17, 15) is 9.59 Å². The van der Waals surface area contributed by atoms with Crippen LogP contribution >= 0.6 is 0 Å². The van der Waals surface area contributed by atoms with E-state index in [2.05, 4.69) is 28.6 Å². The number of benzene rings is 1. The molecule has 0 spiro atoms. The zero-order valence-corrected chi connectivity index (χ0v) is 18.2. The molecule has 1 aliphatic rings. The second-order valence-electron chi connectivity index (χ2n) is 7.44. The van der Waals surface area contributed by atoms with E-state index in [1.54, 1.807) is 12.3 Å².